The molecule has 0 saturated carbocycles. The van der Waals surface area contributed by atoms with Gasteiger partial charge in [-0.05, 0) is 5.92 Å². The molecule has 0 spiro atoms. The van der Waals surface area contributed by atoms with Crippen LogP contribution in [0, 0.1) is 5.92 Å². The summed E-state index contributed by atoms with van der Waals surface area (Å²) in [5.41, 5.74) is 6.27. The van der Waals surface area contributed by atoms with E-state index in [1.807, 2.05) is 0 Å². The molecule has 1 aromatic heterocycles. The third-order valence-electron chi connectivity index (χ3n) is 2.80. The Morgan fingerprint density at radius 2 is 2.25 bits per heavy atom. The van der Waals surface area contributed by atoms with E-state index < -0.39 is 0 Å². The summed E-state index contributed by atoms with van der Waals surface area (Å²) in [5, 5.41) is 12.4. The van der Waals surface area contributed by atoms with E-state index in [2.05, 4.69) is 34.6 Å². The molecule has 0 fully saturated rings. The number of aromatic nitrogens is 3. The maximum atomic E-state index is 11.5. The summed E-state index contributed by atoms with van der Waals surface area (Å²) in [6.45, 7) is 4.68. The van der Waals surface area contributed by atoms with Crippen molar-refractivity contribution in [3.05, 3.63) is 11.9 Å². The van der Waals surface area contributed by atoms with Crippen LogP contribution in [0.3, 0.4) is 0 Å². The highest BCUT2D eigenvalue weighted by molar-refractivity contribution is 5.91. The normalized spacial score (nSPS) is 12.8. The summed E-state index contributed by atoms with van der Waals surface area (Å²) in [7, 11) is 0. The number of nitrogens with zero attached hydrogens (tertiary/aromatic N) is 2. The number of amides is 1. The maximum Gasteiger partial charge on any atom is 0.273 e. The van der Waals surface area contributed by atoms with E-state index in [-0.39, 0.29) is 17.6 Å². The number of hydrogen-bond donors (Lipinski definition) is 3. The molecular weight excluding hydrogens is 206 g/mol. The molecule has 6 nitrogen and oxygen atoms in total. The van der Waals surface area contributed by atoms with Gasteiger partial charge in [0.25, 0.3) is 5.91 Å². The largest absolute Gasteiger partial charge is 0.349 e. The van der Waals surface area contributed by atoms with E-state index in [0.717, 1.165) is 12.8 Å². The van der Waals surface area contributed by atoms with Gasteiger partial charge in [-0.3, -0.25) is 4.79 Å². The van der Waals surface area contributed by atoms with Gasteiger partial charge < -0.3 is 11.1 Å². The molecule has 16 heavy (non-hydrogen) atoms. The Hall–Kier alpha value is -1.43. The first-order valence-electron chi connectivity index (χ1n) is 5.58. The van der Waals surface area contributed by atoms with E-state index in [1.54, 1.807) is 0 Å². The second kappa shape index (κ2) is 6.22. The van der Waals surface area contributed by atoms with Crippen molar-refractivity contribution in [2.75, 3.05) is 6.54 Å². The van der Waals surface area contributed by atoms with Gasteiger partial charge >= 0.3 is 0 Å². The van der Waals surface area contributed by atoms with E-state index in [0.29, 0.717) is 12.5 Å². The van der Waals surface area contributed by atoms with E-state index in [4.69, 9.17) is 5.73 Å². The summed E-state index contributed by atoms with van der Waals surface area (Å²) in [5.74, 6) is 0.202. The number of hydrogen-bond acceptors (Lipinski definition) is 4. The number of aromatic amines is 1. The van der Waals surface area contributed by atoms with E-state index in [1.165, 1.54) is 6.20 Å². The lowest BCUT2D eigenvalue weighted by Crippen LogP contribution is -2.41. The summed E-state index contributed by atoms with van der Waals surface area (Å²) >= 11 is 0. The van der Waals surface area contributed by atoms with Crippen LogP contribution in [0.5, 0.6) is 0 Å². The van der Waals surface area contributed by atoms with Crippen molar-refractivity contribution in [1.29, 1.82) is 0 Å². The van der Waals surface area contributed by atoms with E-state index >= 15 is 0 Å². The molecule has 0 aliphatic heterocycles. The van der Waals surface area contributed by atoms with Gasteiger partial charge in [0.15, 0.2) is 5.69 Å². The summed E-state index contributed by atoms with van der Waals surface area (Å²) in [6, 6.07) is -0.00847. The van der Waals surface area contributed by atoms with Crippen LogP contribution in [-0.2, 0) is 0 Å². The van der Waals surface area contributed by atoms with Crippen LogP contribution >= 0.6 is 0 Å². The molecule has 1 aromatic rings. The van der Waals surface area contributed by atoms with Crippen molar-refractivity contribution in [1.82, 2.24) is 20.7 Å². The van der Waals surface area contributed by atoms with E-state index in [9.17, 15) is 4.79 Å². The number of carbonyl (C=O) groups excluding carboxylic acids is 1. The minimum absolute atomic E-state index is 0.00847. The van der Waals surface area contributed by atoms with Gasteiger partial charge in [-0.25, -0.2) is 0 Å². The van der Waals surface area contributed by atoms with Crippen molar-refractivity contribution >= 4 is 5.91 Å². The molecule has 1 unspecified atom stereocenters. The van der Waals surface area contributed by atoms with Crippen LogP contribution in [0.2, 0.25) is 0 Å². The first kappa shape index (κ1) is 12.6. The zero-order valence-electron chi connectivity index (χ0n) is 9.73. The average Bonchev–Trinajstić information content (AvgIpc) is 2.81. The smallest absolute Gasteiger partial charge is 0.273 e. The van der Waals surface area contributed by atoms with Gasteiger partial charge in [-0.15, -0.1) is 0 Å². The third kappa shape index (κ3) is 3.30. The second-order valence-electron chi connectivity index (χ2n) is 3.81. The molecule has 90 valence electrons. The molecule has 1 atom stereocenters. The highest BCUT2D eigenvalue weighted by atomic mass is 16.1. The molecule has 6 heteroatoms. The lowest BCUT2D eigenvalue weighted by atomic mass is 9.95. The molecule has 0 aliphatic rings. The molecule has 0 bridgehead atoms. The van der Waals surface area contributed by atoms with Crippen molar-refractivity contribution in [3.8, 4) is 0 Å². The molecule has 1 heterocycles. The molecular formula is C10H19N5O. The minimum Gasteiger partial charge on any atom is -0.349 e. The SMILES string of the molecule is CCC(CC)C(N)CNC(=O)c1cn[nH]n1. The zero-order valence-corrected chi connectivity index (χ0v) is 9.73. The Kier molecular flexibility index (Phi) is 4.91. The Bertz CT molecular complexity index is 307. The molecule has 0 aliphatic carbocycles. The molecule has 1 amide bonds. The van der Waals surface area contributed by atoms with Crippen LogP contribution in [0.4, 0.5) is 0 Å². The minimum atomic E-state index is -0.241. The molecule has 0 saturated heterocycles. The Labute approximate surface area is 95.0 Å². The summed E-state index contributed by atoms with van der Waals surface area (Å²) < 4.78 is 0. The fourth-order valence-corrected chi connectivity index (χ4v) is 1.67. The maximum absolute atomic E-state index is 11.5. The Balaban J connectivity index is 2.37. The second-order valence-corrected chi connectivity index (χ2v) is 3.81. The van der Waals surface area contributed by atoms with Crippen LogP contribution < -0.4 is 11.1 Å². The van der Waals surface area contributed by atoms with Crippen molar-refractivity contribution in [3.63, 3.8) is 0 Å². The molecule has 1 rings (SSSR count). The standard InChI is InChI=1S/C10H19N5O/c1-3-7(4-2)8(11)5-12-10(16)9-6-13-15-14-9/h6-8H,3-5,11H2,1-2H3,(H,12,16)(H,13,14,15). The predicted octanol–water partition coefficient (Wildman–Crippen LogP) is 0.298. The fourth-order valence-electron chi connectivity index (χ4n) is 1.67. The van der Waals surface area contributed by atoms with Gasteiger partial charge in [0.1, 0.15) is 0 Å². The highest BCUT2D eigenvalue weighted by Crippen LogP contribution is 2.10. The highest BCUT2D eigenvalue weighted by Gasteiger charge is 2.16. The lowest BCUT2D eigenvalue weighted by molar-refractivity contribution is 0.0943. The van der Waals surface area contributed by atoms with Crippen LogP contribution in [0.15, 0.2) is 6.20 Å². The van der Waals surface area contributed by atoms with Gasteiger partial charge in [0.2, 0.25) is 0 Å². The zero-order chi connectivity index (χ0) is 12.0. The van der Waals surface area contributed by atoms with Crippen LogP contribution in [0.25, 0.3) is 0 Å². The molecule has 0 radical (unpaired) electrons. The summed E-state index contributed by atoms with van der Waals surface area (Å²) in [4.78, 5) is 11.5. The average molecular weight is 225 g/mol. The first-order chi connectivity index (χ1) is 7.69. The molecule has 0 aromatic carbocycles. The van der Waals surface area contributed by atoms with Gasteiger partial charge in [-0.2, -0.15) is 15.4 Å². The number of carbonyl (C=O) groups is 1. The predicted molar refractivity (Wildman–Crippen MR) is 60.8 cm³/mol. The van der Waals surface area contributed by atoms with Gasteiger partial charge in [0.05, 0.1) is 6.20 Å². The Morgan fingerprint density at radius 3 is 2.75 bits per heavy atom. The van der Waals surface area contributed by atoms with Crippen LogP contribution in [0.1, 0.15) is 37.2 Å². The number of H-pyrrole nitrogens is 1. The number of rotatable bonds is 6. The van der Waals surface area contributed by atoms with Crippen LogP contribution in [-0.4, -0.2) is 33.9 Å². The number of nitrogens with two attached hydrogens (primary N) is 1. The topological polar surface area (TPSA) is 96.7 Å². The number of nitrogens with one attached hydrogen (secondary N) is 2. The monoisotopic (exact) mass is 225 g/mol. The van der Waals surface area contributed by atoms with Gasteiger partial charge in [0, 0.05) is 12.6 Å². The lowest BCUT2D eigenvalue weighted by Gasteiger charge is -2.21. The first-order valence-corrected chi connectivity index (χ1v) is 5.58. The van der Waals surface area contributed by atoms with Crippen molar-refractivity contribution in [2.45, 2.75) is 32.7 Å². The van der Waals surface area contributed by atoms with Gasteiger partial charge in [-0.1, -0.05) is 26.7 Å². The van der Waals surface area contributed by atoms with Crippen molar-refractivity contribution < 1.29 is 4.79 Å². The van der Waals surface area contributed by atoms with Crippen molar-refractivity contribution in [2.24, 2.45) is 11.7 Å². The summed E-state index contributed by atoms with van der Waals surface area (Å²) in [6.07, 6.45) is 3.44. The molecule has 4 N–H and O–H groups in total. The quantitative estimate of drug-likeness (QED) is 0.648. The fraction of sp³-hybridized carbons (Fsp3) is 0.700. The Morgan fingerprint density at radius 1 is 1.56 bits per heavy atom. The third-order valence-corrected chi connectivity index (χ3v) is 2.80.